The highest BCUT2D eigenvalue weighted by atomic mass is 35.5. The van der Waals surface area contributed by atoms with Crippen LogP contribution in [0.15, 0.2) is 49.3 Å². The van der Waals surface area contributed by atoms with Crippen molar-refractivity contribution in [2.75, 3.05) is 17.2 Å². The zero-order valence-corrected chi connectivity index (χ0v) is 18.9. The van der Waals surface area contributed by atoms with Crippen LogP contribution < -0.4 is 20.9 Å². The number of aromatic nitrogens is 2. The van der Waals surface area contributed by atoms with Gasteiger partial charge in [0.1, 0.15) is 23.7 Å². The molecular weight excluding hydrogens is 465 g/mol. The molecule has 11 heteroatoms. The molecule has 2 amide bonds. The largest absolute Gasteiger partial charge is 0.491 e. The highest BCUT2D eigenvalue weighted by molar-refractivity contribution is 6.31. The summed E-state index contributed by atoms with van der Waals surface area (Å²) in [5.74, 6) is -0.554. The third kappa shape index (κ3) is 6.63. The molecule has 1 heterocycles. The Labute approximate surface area is 200 Å². The van der Waals surface area contributed by atoms with Gasteiger partial charge in [-0.2, -0.15) is 0 Å². The molecule has 0 aliphatic heterocycles. The van der Waals surface area contributed by atoms with E-state index in [0.29, 0.717) is 59.7 Å². The van der Waals surface area contributed by atoms with Gasteiger partial charge in [0.25, 0.3) is 0 Å². The summed E-state index contributed by atoms with van der Waals surface area (Å²) in [6, 6.07) is 7.55. The smallest absolute Gasteiger partial charge is 0.247 e. The number of carbonyl (C=O) groups excluding carboxylic acids is 2. The van der Waals surface area contributed by atoms with Crippen molar-refractivity contribution in [3.05, 3.63) is 60.2 Å². The Kier molecular flexibility index (Phi) is 8.72. The number of anilines is 3. The van der Waals surface area contributed by atoms with Gasteiger partial charge in [-0.15, -0.1) is 0 Å². The molecule has 0 bridgehead atoms. The lowest BCUT2D eigenvalue weighted by Gasteiger charge is -2.15. The van der Waals surface area contributed by atoms with E-state index < -0.39 is 17.6 Å². The van der Waals surface area contributed by atoms with Crippen LogP contribution >= 0.6 is 11.6 Å². The zero-order chi connectivity index (χ0) is 24.5. The van der Waals surface area contributed by atoms with Crippen LogP contribution in [0.3, 0.4) is 0 Å². The number of hydrogen-bond acceptors (Lipinski definition) is 7. The van der Waals surface area contributed by atoms with Gasteiger partial charge >= 0.3 is 0 Å². The number of rotatable bonds is 11. The van der Waals surface area contributed by atoms with Gasteiger partial charge < -0.3 is 15.4 Å². The van der Waals surface area contributed by atoms with Gasteiger partial charge in [0.2, 0.25) is 11.8 Å². The minimum Gasteiger partial charge on any atom is -0.491 e. The van der Waals surface area contributed by atoms with Gasteiger partial charge in [-0.25, -0.2) is 19.8 Å². The second-order valence-corrected chi connectivity index (χ2v) is 7.64. The molecule has 4 N–H and O–H groups in total. The molecule has 178 valence electrons. The van der Waals surface area contributed by atoms with Gasteiger partial charge in [0.15, 0.2) is 0 Å². The summed E-state index contributed by atoms with van der Waals surface area (Å²) in [6.45, 7) is 3.81. The Hall–Kier alpha value is -3.76. The van der Waals surface area contributed by atoms with Crippen LogP contribution in [-0.4, -0.2) is 33.6 Å². The first-order chi connectivity index (χ1) is 16.4. The van der Waals surface area contributed by atoms with E-state index in [4.69, 9.17) is 21.5 Å². The van der Waals surface area contributed by atoms with E-state index in [2.05, 4.69) is 27.2 Å². The molecule has 0 saturated heterocycles. The van der Waals surface area contributed by atoms with Crippen LogP contribution in [-0.2, 0) is 9.59 Å². The number of benzene rings is 2. The number of hydrogen-bond donors (Lipinski definition) is 4. The SMILES string of the molecule is C=CC(=O)Nc1cc2c(Nc3ccc(F)c(Cl)c3)ncnc2cc1OCCCCCC(=O)NO. The minimum absolute atomic E-state index is 0.0324. The number of unbranched alkanes of at least 4 members (excludes halogenated alkanes) is 2. The number of nitrogens with one attached hydrogen (secondary N) is 3. The molecule has 0 radical (unpaired) electrons. The van der Waals surface area contributed by atoms with Crippen molar-refractivity contribution in [2.24, 2.45) is 0 Å². The quantitative estimate of drug-likeness (QED) is 0.133. The molecule has 0 saturated carbocycles. The van der Waals surface area contributed by atoms with E-state index in [0.717, 1.165) is 6.08 Å². The molecular formula is C23H23ClFN5O4. The summed E-state index contributed by atoms with van der Waals surface area (Å²) in [5, 5.41) is 14.9. The summed E-state index contributed by atoms with van der Waals surface area (Å²) < 4.78 is 19.4. The number of nitrogens with zero attached hydrogens (tertiary/aromatic N) is 2. The topological polar surface area (TPSA) is 125 Å². The molecule has 1 aromatic heterocycles. The molecule has 3 rings (SSSR count). The van der Waals surface area contributed by atoms with E-state index in [1.165, 1.54) is 24.5 Å². The standard InChI is InChI=1S/C23H23ClFN5O4/c1-2-21(31)29-19-11-15-18(12-20(19)34-9-5-3-4-6-22(32)30-33)26-13-27-23(15)28-14-7-8-17(25)16(24)10-14/h2,7-8,10-13,33H,1,3-6,9H2,(H,29,31)(H,30,32)(H,26,27,28). The molecule has 0 fully saturated rings. The van der Waals surface area contributed by atoms with Gasteiger partial charge in [-0.1, -0.05) is 18.2 Å². The first-order valence-electron chi connectivity index (χ1n) is 10.4. The number of halogens is 2. The number of ether oxygens (including phenoxy) is 1. The maximum absolute atomic E-state index is 13.5. The van der Waals surface area contributed by atoms with Crippen molar-refractivity contribution >= 4 is 51.5 Å². The lowest BCUT2D eigenvalue weighted by Crippen LogP contribution is -2.17. The summed E-state index contributed by atoms with van der Waals surface area (Å²) >= 11 is 5.87. The maximum Gasteiger partial charge on any atom is 0.247 e. The van der Waals surface area contributed by atoms with Crippen LogP contribution in [0.1, 0.15) is 25.7 Å². The number of carbonyl (C=O) groups is 2. The summed E-state index contributed by atoms with van der Waals surface area (Å²) in [6.07, 6.45) is 4.71. The number of fused-ring (bicyclic) bond motifs is 1. The Bertz CT molecular complexity index is 1210. The van der Waals surface area contributed by atoms with Gasteiger partial charge in [-0.05, 0) is 49.6 Å². The van der Waals surface area contributed by atoms with Gasteiger partial charge in [0.05, 0.1) is 22.8 Å². The van der Waals surface area contributed by atoms with Crippen molar-refractivity contribution in [2.45, 2.75) is 25.7 Å². The molecule has 0 unspecified atom stereocenters. The number of amides is 2. The molecule has 3 aromatic rings. The summed E-state index contributed by atoms with van der Waals surface area (Å²) in [7, 11) is 0. The Morgan fingerprint density at radius 3 is 2.74 bits per heavy atom. The van der Waals surface area contributed by atoms with Gasteiger partial charge in [-0.3, -0.25) is 14.8 Å². The van der Waals surface area contributed by atoms with Crippen LogP contribution in [0.5, 0.6) is 5.75 Å². The Morgan fingerprint density at radius 1 is 1.18 bits per heavy atom. The third-order valence-electron chi connectivity index (χ3n) is 4.79. The van der Waals surface area contributed by atoms with Gasteiger partial charge in [0, 0.05) is 23.6 Å². The highest BCUT2D eigenvalue weighted by Gasteiger charge is 2.13. The molecule has 0 aliphatic rings. The van der Waals surface area contributed by atoms with Crippen LogP contribution in [0.2, 0.25) is 5.02 Å². The second kappa shape index (κ2) is 11.9. The third-order valence-corrected chi connectivity index (χ3v) is 5.08. The zero-order valence-electron chi connectivity index (χ0n) is 18.1. The fraction of sp³-hybridized carbons (Fsp3) is 0.217. The summed E-state index contributed by atoms with van der Waals surface area (Å²) in [5.41, 5.74) is 3.07. The van der Waals surface area contributed by atoms with E-state index in [1.807, 2.05) is 0 Å². The van der Waals surface area contributed by atoms with Crippen molar-refractivity contribution in [1.29, 1.82) is 0 Å². The average Bonchev–Trinajstić information content (AvgIpc) is 2.83. The van der Waals surface area contributed by atoms with Crippen molar-refractivity contribution < 1.29 is 23.9 Å². The maximum atomic E-state index is 13.5. The monoisotopic (exact) mass is 487 g/mol. The fourth-order valence-corrected chi connectivity index (χ4v) is 3.28. The van der Waals surface area contributed by atoms with Crippen LogP contribution in [0.4, 0.5) is 21.6 Å². The molecule has 0 spiro atoms. The molecule has 2 aromatic carbocycles. The summed E-state index contributed by atoms with van der Waals surface area (Å²) in [4.78, 5) is 31.6. The van der Waals surface area contributed by atoms with Crippen LogP contribution in [0, 0.1) is 5.82 Å². The molecule has 9 nitrogen and oxygen atoms in total. The highest BCUT2D eigenvalue weighted by Crippen LogP contribution is 2.34. The first-order valence-corrected chi connectivity index (χ1v) is 10.8. The Balaban J connectivity index is 1.82. The second-order valence-electron chi connectivity index (χ2n) is 7.23. The Morgan fingerprint density at radius 2 is 2.00 bits per heavy atom. The molecule has 0 aliphatic carbocycles. The minimum atomic E-state index is -0.535. The lowest BCUT2D eigenvalue weighted by molar-refractivity contribution is -0.129. The lowest BCUT2D eigenvalue weighted by atomic mass is 10.1. The van der Waals surface area contributed by atoms with Crippen molar-refractivity contribution in [1.82, 2.24) is 15.4 Å². The average molecular weight is 488 g/mol. The fourth-order valence-electron chi connectivity index (χ4n) is 3.10. The van der Waals surface area contributed by atoms with Crippen molar-refractivity contribution in [3.8, 4) is 5.75 Å². The van der Waals surface area contributed by atoms with Crippen molar-refractivity contribution in [3.63, 3.8) is 0 Å². The molecule has 0 atom stereocenters. The predicted molar refractivity (Wildman–Crippen MR) is 127 cm³/mol. The van der Waals surface area contributed by atoms with E-state index in [1.54, 1.807) is 17.6 Å². The normalized spacial score (nSPS) is 10.6. The van der Waals surface area contributed by atoms with E-state index in [9.17, 15) is 14.0 Å². The van der Waals surface area contributed by atoms with Crippen LogP contribution in [0.25, 0.3) is 10.9 Å². The predicted octanol–water partition coefficient (Wildman–Crippen LogP) is 4.74. The number of hydroxylamine groups is 1. The van der Waals surface area contributed by atoms with E-state index >= 15 is 0 Å². The van der Waals surface area contributed by atoms with E-state index in [-0.39, 0.29) is 11.4 Å². The molecule has 34 heavy (non-hydrogen) atoms. The first kappa shape index (κ1) is 24.9.